The third-order valence-electron chi connectivity index (χ3n) is 3.02. The zero-order valence-corrected chi connectivity index (χ0v) is 14.0. The maximum absolute atomic E-state index is 13.9. The number of carbonyl (C=O) groups is 2. The number of benzene rings is 1. The van der Waals surface area contributed by atoms with E-state index in [1.807, 2.05) is 0 Å². The van der Waals surface area contributed by atoms with Crippen molar-refractivity contribution in [1.82, 2.24) is 10.2 Å². The molecule has 0 fully saturated rings. The van der Waals surface area contributed by atoms with Gasteiger partial charge in [0.2, 0.25) is 0 Å². The molecular weight excluding hydrogens is 331 g/mol. The summed E-state index contributed by atoms with van der Waals surface area (Å²) in [5, 5.41) is 20.4. The van der Waals surface area contributed by atoms with Gasteiger partial charge in [0.1, 0.15) is 17.1 Å². The first kappa shape index (κ1) is 18.2. The van der Waals surface area contributed by atoms with Crippen LogP contribution in [-0.2, 0) is 11.3 Å². The second-order valence-corrected chi connectivity index (χ2v) is 6.25. The van der Waals surface area contributed by atoms with Gasteiger partial charge in [-0.2, -0.15) is 5.10 Å². The molecular formula is C16H19FN4O4. The molecule has 0 aliphatic heterocycles. The van der Waals surface area contributed by atoms with Gasteiger partial charge in [-0.05, 0) is 39.0 Å². The summed E-state index contributed by atoms with van der Waals surface area (Å²) < 4.78 is 18.9. The van der Waals surface area contributed by atoms with Crippen molar-refractivity contribution in [3.63, 3.8) is 0 Å². The van der Waals surface area contributed by atoms with Crippen LogP contribution in [0, 0.1) is 5.82 Å². The molecule has 1 heterocycles. The van der Waals surface area contributed by atoms with Crippen LogP contribution in [0.25, 0.3) is 0 Å². The van der Waals surface area contributed by atoms with E-state index in [-0.39, 0.29) is 17.9 Å². The number of hydrogen-bond donors (Lipinski definition) is 4. The maximum Gasteiger partial charge on any atom is 0.412 e. The molecule has 0 saturated carbocycles. The lowest BCUT2D eigenvalue weighted by atomic mass is 10.2. The van der Waals surface area contributed by atoms with Crippen LogP contribution in [-0.4, -0.2) is 33.0 Å². The average molecular weight is 350 g/mol. The third kappa shape index (κ3) is 5.20. The zero-order chi connectivity index (χ0) is 18.6. The first-order valence-corrected chi connectivity index (χ1v) is 7.44. The monoisotopic (exact) mass is 350 g/mol. The lowest BCUT2D eigenvalue weighted by Gasteiger charge is -2.20. The molecule has 8 nitrogen and oxygen atoms in total. The summed E-state index contributed by atoms with van der Waals surface area (Å²) in [7, 11) is 0. The van der Waals surface area contributed by atoms with Crippen molar-refractivity contribution in [3.8, 4) is 0 Å². The number of nitrogens with one attached hydrogen (secondary N) is 3. The molecule has 9 heteroatoms. The predicted molar refractivity (Wildman–Crippen MR) is 89.1 cm³/mol. The van der Waals surface area contributed by atoms with Gasteiger partial charge in [0.25, 0.3) is 0 Å². The van der Waals surface area contributed by atoms with Crippen molar-refractivity contribution < 1.29 is 23.8 Å². The minimum Gasteiger partial charge on any atom is -0.477 e. The van der Waals surface area contributed by atoms with E-state index in [4.69, 9.17) is 9.84 Å². The van der Waals surface area contributed by atoms with Crippen LogP contribution in [0.4, 0.5) is 20.6 Å². The minimum atomic E-state index is -1.12. The summed E-state index contributed by atoms with van der Waals surface area (Å²) in [5.41, 5.74) is 0.153. The number of aromatic nitrogens is 2. The Kier molecular flexibility index (Phi) is 5.26. The first-order valence-electron chi connectivity index (χ1n) is 7.44. The third-order valence-corrected chi connectivity index (χ3v) is 3.02. The van der Waals surface area contributed by atoms with Gasteiger partial charge in [0.15, 0.2) is 0 Å². The van der Waals surface area contributed by atoms with Crippen molar-refractivity contribution in [2.45, 2.75) is 32.9 Å². The number of hydrogen-bond acceptors (Lipinski definition) is 5. The summed E-state index contributed by atoms with van der Waals surface area (Å²) in [6.07, 6.45) is 0.617. The van der Waals surface area contributed by atoms with Gasteiger partial charge < -0.3 is 15.2 Å². The average Bonchev–Trinajstić information content (AvgIpc) is 2.94. The topological polar surface area (TPSA) is 116 Å². The molecule has 1 aromatic carbocycles. The quantitative estimate of drug-likeness (QED) is 0.658. The van der Waals surface area contributed by atoms with E-state index in [1.54, 1.807) is 20.8 Å². The normalized spacial score (nSPS) is 11.0. The Labute approximate surface area is 143 Å². The molecule has 1 aromatic heterocycles. The molecule has 4 N–H and O–H groups in total. The van der Waals surface area contributed by atoms with E-state index in [0.29, 0.717) is 11.3 Å². The smallest absolute Gasteiger partial charge is 0.412 e. The SMILES string of the molecule is CC(C)(C)OC(=O)Nc1cc(NCc2cn[nH]c2C(=O)O)ccc1F. The second kappa shape index (κ2) is 7.20. The van der Waals surface area contributed by atoms with Crippen molar-refractivity contribution in [1.29, 1.82) is 0 Å². The number of rotatable bonds is 5. The highest BCUT2D eigenvalue weighted by Gasteiger charge is 2.18. The van der Waals surface area contributed by atoms with E-state index < -0.39 is 23.5 Å². The number of aromatic carboxylic acids is 1. The highest BCUT2D eigenvalue weighted by atomic mass is 19.1. The summed E-state index contributed by atoms with van der Waals surface area (Å²) in [6, 6.07) is 4.04. The predicted octanol–water partition coefficient (Wildman–Crippen LogP) is 3.21. The number of carbonyl (C=O) groups excluding carboxylic acids is 1. The highest BCUT2D eigenvalue weighted by Crippen LogP contribution is 2.21. The Hall–Kier alpha value is -3.10. The maximum atomic E-state index is 13.9. The Morgan fingerprint density at radius 3 is 2.72 bits per heavy atom. The standard InChI is InChI=1S/C16H19FN4O4/c1-16(2,3)25-15(24)20-12-6-10(4-5-11(12)17)18-7-9-8-19-21-13(9)14(22)23/h4-6,8,18H,7H2,1-3H3,(H,19,21)(H,20,24)(H,22,23). The van der Waals surface area contributed by atoms with Crippen LogP contribution in [0.5, 0.6) is 0 Å². The fraction of sp³-hybridized carbons (Fsp3) is 0.312. The molecule has 0 unspecified atom stereocenters. The minimum absolute atomic E-state index is 0.0262. The molecule has 0 spiro atoms. The number of carboxylic acids is 1. The molecule has 0 saturated heterocycles. The van der Waals surface area contributed by atoms with Gasteiger partial charge in [-0.1, -0.05) is 0 Å². The summed E-state index contributed by atoms with van der Waals surface area (Å²) in [6.45, 7) is 5.26. The fourth-order valence-corrected chi connectivity index (χ4v) is 1.97. The summed E-state index contributed by atoms with van der Waals surface area (Å²) in [5.74, 6) is -1.74. The van der Waals surface area contributed by atoms with Crippen LogP contribution in [0.2, 0.25) is 0 Å². The number of amides is 1. The van der Waals surface area contributed by atoms with Crippen LogP contribution in [0.15, 0.2) is 24.4 Å². The van der Waals surface area contributed by atoms with E-state index in [9.17, 15) is 14.0 Å². The second-order valence-electron chi connectivity index (χ2n) is 6.25. The molecule has 0 atom stereocenters. The number of aromatic amines is 1. The van der Waals surface area contributed by atoms with E-state index >= 15 is 0 Å². The van der Waals surface area contributed by atoms with Crippen molar-refractivity contribution in [2.75, 3.05) is 10.6 Å². The number of halogens is 1. The Bertz CT molecular complexity index is 783. The number of ether oxygens (including phenoxy) is 1. The van der Waals surface area contributed by atoms with Gasteiger partial charge >= 0.3 is 12.1 Å². The molecule has 2 rings (SSSR count). The Morgan fingerprint density at radius 2 is 2.08 bits per heavy atom. The highest BCUT2D eigenvalue weighted by molar-refractivity contribution is 5.87. The number of anilines is 2. The largest absolute Gasteiger partial charge is 0.477 e. The summed E-state index contributed by atoms with van der Waals surface area (Å²) in [4.78, 5) is 22.8. The van der Waals surface area contributed by atoms with E-state index in [1.165, 1.54) is 24.4 Å². The molecule has 0 aliphatic rings. The van der Waals surface area contributed by atoms with Crippen LogP contribution < -0.4 is 10.6 Å². The Morgan fingerprint density at radius 1 is 1.36 bits per heavy atom. The van der Waals surface area contributed by atoms with Crippen molar-refractivity contribution in [3.05, 3.63) is 41.5 Å². The molecule has 1 amide bonds. The van der Waals surface area contributed by atoms with Crippen LogP contribution >= 0.6 is 0 Å². The number of H-pyrrole nitrogens is 1. The lowest BCUT2D eigenvalue weighted by molar-refractivity contribution is 0.0633. The van der Waals surface area contributed by atoms with Gasteiger partial charge in [-0.25, -0.2) is 14.0 Å². The first-order chi connectivity index (χ1) is 11.7. The molecule has 25 heavy (non-hydrogen) atoms. The van der Waals surface area contributed by atoms with Crippen LogP contribution in [0.1, 0.15) is 36.8 Å². The van der Waals surface area contributed by atoms with Gasteiger partial charge in [-0.15, -0.1) is 0 Å². The lowest BCUT2D eigenvalue weighted by Crippen LogP contribution is -2.27. The van der Waals surface area contributed by atoms with Crippen molar-refractivity contribution >= 4 is 23.4 Å². The summed E-state index contributed by atoms with van der Waals surface area (Å²) >= 11 is 0. The number of carboxylic acid groups (broad SMARTS) is 1. The zero-order valence-electron chi connectivity index (χ0n) is 14.0. The molecule has 0 radical (unpaired) electrons. The molecule has 0 bridgehead atoms. The molecule has 2 aromatic rings. The van der Waals surface area contributed by atoms with Crippen LogP contribution in [0.3, 0.4) is 0 Å². The molecule has 134 valence electrons. The van der Waals surface area contributed by atoms with Gasteiger partial charge in [0.05, 0.1) is 11.9 Å². The van der Waals surface area contributed by atoms with Gasteiger partial charge in [0, 0.05) is 17.8 Å². The molecule has 0 aliphatic carbocycles. The fourth-order valence-electron chi connectivity index (χ4n) is 1.97. The Balaban J connectivity index is 2.07. The van der Waals surface area contributed by atoms with E-state index in [2.05, 4.69) is 20.8 Å². The number of nitrogens with zero attached hydrogens (tertiary/aromatic N) is 1. The van der Waals surface area contributed by atoms with Crippen molar-refractivity contribution in [2.24, 2.45) is 0 Å². The van der Waals surface area contributed by atoms with E-state index in [0.717, 1.165) is 0 Å². The van der Waals surface area contributed by atoms with Gasteiger partial charge in [-0.3, -0.25) is 10.4 Å².